The Labute approximate surface area is 308 Å². The molecule has 0 aliphatic rings. The van der Waals surface area contributed by atoms with E-state index in [0.29, 0.717) is 51.7 Å². The maximum Gasteiger partial charge on any atom is 0.345 e. The van der Waals surface area contributed by atoms with Crippen molar-refractivity contribution in [3.63, 3.8) is 0 Å². The van der Waals surface area contributed by atoms with Crippen LogP contribution in [0.25, 0.3) is 34.0 Å². The molecule has 1 N–H and O–H groups in total. The van der Waals surface area contributed by atoms with Gasteiger partial charge in [0.15, 0.2) is 0 Å². The van der Waals surface area contributed by atoms with Gasteiger partial charge >= 0.3 is 11.9 Å². The van der Waals surface area contributed by atoms with Gasteiger partial charge in [0.2, 0.25) is 11.0 Å². The predicted molar refractivity (Wildman–Crippen MR) is 206 cm³/mol. The molecule has 6 rings (SSSR count). The first-order valence-corrected chi connectivity index (χ1v) is 18.8. The highest BCUT2D eigenvalue weighted by atomic mass is 32.2. The van der Waals surface area contributed by atoms with E-state index in [-0.39, 0.29) is 18.8 Å². The summed E-state index contributed by atoms with van der Waals surface area (Å²) >= 11 is 0. The Morgan fingerprint density at radius 3 is 2.08 bits per heavy atom. The lowest BCUT2D eigenvalue weighted by Crippen LogP contribution is -2.37. The number of methoxy groups -OCH3 is 1. The molecule has 0 aliphatic carbocycles. The Kier molecular flexibility index (Phi) is 11.3. The second-order valence-electron chi connectivity index (χ2n) is 12.8. The zero-order valence-electron chi connectivity index (χ0n) is 29.7. The van der Waals surface area contributed by atoms with Crippen molar-refractivity contribution in [2.45, 2.75) is 39.8 Å². The number of fused-ring (bicyclic) bond motifs is 2. The molecular weight excluding hydrogens is 691 g/mol. The predicted octanol–water partition coefficient (Wildman–Crippen LogP) is 8.32. The van der Waals surface area contributed by atoms with Gasteiger partial charge in [0.1, 0.15) is 24.7 Å². The molecule has 0 amide bonds. The van der Waals surface area contributed by atoms with Gasteiger partial charge < -0.3 is 14.2 Å². The summed E-state index contributed by atoms with van der Waals surface area (Å²) in [5.74, 6) is -0.270. The largest absolute Gasteiger partial charge is 0.497 e. The van der Waals surface area contributed by atoms with E-state index in [1.807, 2.05) is 109 Å². The number of carbonyl (C=O) groups excluding carboxylic acids is 2. The fourth-order valence-corrected chi connectivity index (χ4v) is 6.96. The summed E-state index contributed by atoms with van der Waals surface area (Å²) in [4.78, 5) is 27.4. The molecule has 53 heavy (non-hydrogen) atoms. The quantitative estimate of drug-likeness (QED) is 0.0240. The fraction of sp³-hybridized carbons (Fsp3) is 0.186. The van der Waals surface area contributed by atoms with E-state index in [1.165, 1.54) is 0 Å². The molecule has 0 atom stereocenters. The lowest BCUT2D eigenvalue weighted by molar-refractivity contribution is -0.645. The molecule has 0 radical (unpaired) electrons. The number of ether oxygens (including phenoxy) is 3. The summed E-state index contributed by atoms with van der Waals surface area (Å²) in [5.41, 5.74) is 6.15. The van der Waals surface area contributed by atoms with Crippen molar-refractivity contribution in [2.75, 3.05) is 12.9 Å². The molecule has 1 aromatic heterocycles. The van der Waals surface area contributed by atoms with Crippen molar-refractivity contribution in [1.29, 1.82) is 0 Å². The zero-order valence-corrected chi connectivity index (χ0v) is 30.6. The van der Waals surface area contributed by atoms with E-state index in [4.69, 9.17) is 14.2 Å². The van der Waals surface area contributed by atoms with Crippen LogP contribution in [0.4, 0.5) is 0 Å². The maximum atomic E-state index is 14.4. The van der Waals surface area contributed by atoms with E-state index in [2.05, 4.69) is 4.57 Å². The number of hydrogen-bond donors (Lipinski definition) is 1. The van der Waals surface area contributed by atoms with Gasteiger partial charge in [0.05, 0.1) is 34.8 Å². The lowest BCUT2D eigenvalue weighted by atomic mass is 9.99. The molecule has 0 aliphatic heterocycles. The minimum absolute atomic E-state index is 0.139. The van der Waals surface area contributed by atoms with E-state index >= 15 is 0 Å². The highest BCUT2D eigenvalue weighted by molar-refractivity contribution is 7.85. The highest BCUT2D eigenvalue weighted by Crippen LogP contribution is 2.31. The number of aromatic nitrogens is 1. The molecule has 0 saturated heterocycles. The topological polar surface area (TPSA) is 120 Å². The molecule has 1 heterocycles. The third-order valence-electron chi connectivity index (χ3n) is 8.97. The highest BCUT2D eigenvalue weighted by Gasteiger charge is 2.27. The molecular formula is C43H40NO8S+. The Hall–Kier alpha value is -5.84. The molecule has 6 aromatic rings. The zero-order chi connectivity index (χ0) is 37.5. The minimum Gasteiger partial charge on any atom is -0.497 e. The lowest BCUT2D eigenvalue weighted by Gasteiger charge is -2.15. The number of rotatable bonds is 13. The Morgan fingerprint density at radius 1 is 0.736 bits per heavy atom. The normalized spacial score (nSPS) is 11.6. The fourth-order valence-electron chi connectivity index (χ4n) is 6.39. The monoisotopic (exact) mass is 730 g/mol. The average Bonchev–Trinajstić information content (AvgIpc) is 3.15. The van der Waals surface area contributed by atoms with Crippen LogP contribution in [0.1, 0.15) is 61.4 Å². The van der Waals surface area contributed by atoms with E-state index in [1.54, 1.807) is 33.1 Å². The number of hydrogen-bond acceptors (Lipinski definition) is 7. The molecule has 0 saturated carbocycles. The smallest absolute Gasteiger partial charge is 0.345 e. The number of aryl methyl sites for hydroxylation is 3. The molecule has 0 spiro atoms. The summed E-state index contributed by atoms with van der Waals surface area (Å²) in [6, 6.07) is 33.8. The number of benzene rings is 5. The SMILES string of the molecule is COc1ccc(/C=C/c2ccc3c(c2)c(C(=O)Oc2c(C)cc(C(=O)OCc4ccccc4)cc2C)c2ccccc2[n+]3CCCCS(=O)(=O)O)cc1. The van der Waals surface area contributed by atoms with Gasteiger partial charge in [-0.3, -0.25) is 4.55 Å². The number of carbonyl (C=O) groups is 2. The van der Waals surface area contributed by atoms with Crippen molar-refractivity contribution < 1.29 is 41.3 Å². The van der Waals surface area contributed by atoms with Crippen LogP contribution in [0.15, 0.2) is 109 Å². The van der Waals surface area contributed by atoms with Gasteiger partial charge in [-0.05, 0) is 90.6 Å². The molecule has 0 fully saturated rings. The summed E-state index contributed by atoms with van der Waals surface area (Å²) < 4.78 is 51.2. The van der Waals surface area contributed by atoms with Gasteiger partial charge in [-0.1, -0.05) is 66.7 Å². The summed E-state index contributed by atoms with van der Waals surface area (Å²) in [7, 11) is -2.47. The standard InChI is InChI=1S/C43H39NO8S/c1-29-25-34(42(45)51-28-33-11-5-4-6-12-33)26-30(2)41(29)52-43(46)40-36-13-7-8-14-38(36)44(23-9-10-24-53(47,48)49)39-22-19-32(27-37(39)40)16-15-31-17-20-35(50-3)21-18-31/h4-8,11-22,25-27H,9-10,23-24,28H2,1-3H3/p+1/b16-15+. The van der Waals surface area contributed by atoms with Crippen LogP contribution >= 0.6 is 0 Å². The minimum atomic E-state index is -4.09. The van der Waals surface area contributed by atoms with Crippen LogP contribution in [0.2, 0.25) is 0 Å². The average molecular weight is 731 g/mol. The summed E-state index contributed by atoms with van der Waals surface area (Å²) in [6.45, 7) is 4.16. The number of nitrogens with zero attached hydrogens (tertiary/aromatic N) is 1. The van der Waals surface area contributed by atoms with E-state index in [0.717, 1.165) is 33.5 Å². The molecule has 0 bridgehead atoms. The van der Waals surface area contributed by atoms with Gasteiger partial charge in [-0.15, -0.1) is 0 Å². The first-order valence-electron chi connectivity index (χ1n) is 17.2. The van der Waals surface area contributed by atoms with Crippen molar-refractivity contribution >= 4 is 56.0 Å². The third-order valence-corrected chi connectivity index (χ3v) is 9.78. The number of para-hydroxylation sites is 1. The Balaban J connectivity index is 1.38. The van der Waals surface area contributed by atoms with Gasteiger partial charge in [0, 0.05) is 18.6 Å². The molecule has 270 valence electrons. The first-order chi connectivity index (χ1) is 25.5. The van der Waals surface area contributed by atoms with Gasteiger partial charge in [0.25, 0.3) is 10.1 Å². The van der Waals surface area contributed by atoms with Crippen LogP contribution in [0.3, 0.4) is 0 Å². The summed E-state index contributed by atoms with van der Waals surface area (Å²) in [5, 5.41) is 1.31. The van der Waals surface area contributed by atoms with Gasteiger partial charge in [-0.2, -0.15) is 13.0 Å². The number of pyridine rings is 1. The number of esters is 2. The Bertz CT molecular complexity index is 2420. The number of unbranched alkanes of at least 4 members (excludes halogenated alkanes) is 1. The molecule has 10 heteroatoms. The third kappa shape index (κ3) is 8.97. The van der Waals surface area contributed by atoms with Crippen LogP contribution in [0.5, 0.6) is 11.5 Å². The molecule has 0 unspecified atom stereocenters. The molecule has 5 aromatic carbocycles. The van der Waals surface area contributed by atoms with Crippen LogP contribution in [0, 0.1) is 13.8 Å². The van der Waals surface area contributed by atoms with Crippen molar-refractivity contribution in [3.05, 3.63) is 148 Å². The van der Waals surface area contributed by atoms with Crippen LogP contribution < -0.4 is 14.0 Å². The second-order valence-corrected chi connectivity index (χ2v) is 14.4. The van der Waals surface area contributed by atoms with Crippen LogP contribution in [-0.4, -0.2) is 37.8 Å². The Morgan fingerprint density at radius 2 is 1.38 bits per heavy atom. The molecule has 9 nitrogen and oxygen atoms in total. The van der Waals surface area contributed by atoms with Crippen molar-refractivity contribution in [1.82, 2.24) is 0 Å². The van der Waals surface area contributed by atoms with Gasteiger partial charge in [-0.25, -0.2) is 9.59 Å². The van der Waals surface area contributed by atoms with Crippen molar-refractivity contribution in [3.8, 4) is 11.5 Å². The van der Waals surface area contributed by atoms with E-state index in [9.17, 15) is 22.6 Å². The van der Waals surface area contributed by atoms with E-state index < -0.39 is 22.1 Å². The maximum absolute atomic E-state index is 14.4. The van der Waals surface area contributed by atoms with Crippen LogP contribution in [-0.2, 0) is 28.0 Å². The second kappa shape index (κ2) is 16.2. The van der Waals surface area contributed by atoms with Crippen molar-refractivity contribution in [2.24, 2.45) is 0 Å². The first kappa shape index (κ1) is 36.9. The summed E-state index contributed by atoms with van der Waals surface area (Å²) in [6.07, 6.45) is 4.68.